The highest BCUT2D eigenvalue weighted by atomic mass is 14.8. The average molecular weight is 350 g/mol. The van der Waals surface area contributed by atoms with Crippen molar-refractivity contribution in [2.75, 3.05) is 0 Å². The van der Waals surface area contributed by atoms with Crippen LogP contribution in [-0.2, 0) is 0 Å². The number of nitrogens with zero attached hydrogens (tertiary/aromatic N) is 2. The Morgan fingerprint density at radius 3 is 1.63 bits per heavy atom. The van der Waals surface area contributed by atoms with Crippen molar-refractivity contribution < 1.29 is 0 Å². The largest absolute Gasteiger partial charge is 0.254 e. The molecule has 2 heteroatoms. The van der Waals surface area contributed by atoms with E-state index in [1.54, 1.807) is 0 Å². The van der Waals surface area contributed by atoms with Crippen LogP contribution in [0.15, 0.2) is 79.0 Å². The van der Waals surface area contributed by atoms with E-state index in [-0.39, 0.29) is 0 Å². The molecule has 2 aromatic heterocycles. The molecule has 0 aliphatic carbocycles. The first-order valence-corrected chi connectivity index (χ1v) is 9.18. The predicted molar refractivity (Wildman–Crippen MR) is 113 cm³/mol. The van der Waals surface area contributed by atoms with Gasteiger partial charge in [-0.1, -0.05) is 65.7 Å². The van der Waals surface area contributed by atoms with Crippen LogP contribution in [0.1, 0.15) is 16.7 Å². The quantitative estimate of drug-likeness (QED) is 0.427. The first-order valence-electron chi connectivity index (χ1n) is 9.18. The second kappa shape index (κ2) is 7.16. The normalized spacial score (nSPS) is 10.8. The van der Waals surface area contributed by atoms with Crippen LogP contribution >= 0.6 is 0 Å². The van der Waals surface area contributed by atoms with Gasteiger partial charge in [0, 0.05) is 11.8 Å². The van der Waals surface area contributed by atoms with Crippen molar-refractivity contribution in [1.29, 1.82) is 0 Å². The lowest BCUT2D eigenvalue weighted by molar-refractivity contribution is 1.22. The highest BCUT2D eigenvalue weighted by Gasteiger charge is 2.10. The van der Waals surface area contributed by atoms with Crippen LogP contribution in [0.4, 0.5) is 0 Å². The maximum atomic E-state index is 4.91. The molecule has 0 saturated carbocycles. The standard InChI is InChI=1S/C25H22N2/c1-17-4-9-20(10-5-17)22-14-24(21-11-6-18(2)7-12-21)27-25(15-22)23-13-8-19(3)16-26-23/h4-16H,1-3H3. The monoisotopic (exact) mass is 350 g/mol. The van der Waals surface area contributed by atoms with Crippen LogP contribution in [0, 0.1) is 20.8 Å². The van der Waals surface area contributed by atoms with Gasteiger partial charge >= 0.3 is 0 Å². The maximum Gasteiger partial charge on any atom is 0.0899 e. The zero-order valence-electron chi connectivity index (χ0n) is 15.9. The van der Waals surface area contributed by atoms with Gasteiger partial charge < -0.3 is 0 Å². The van der Waals surface area contributed by atoms with E-state index >= 15 is 0 Å². The lowest BCUT2D eigenvalue weighted by Gasteiger charge is -2.10. The van der Waals surface area contributed by atoms with Gasteiger partial charge in [-0.05, 0) is 55.7 Å². The third kappa shape index (κ3) is 3.80. The Bertz CT molecular complexity index is 907. The van der Waals surface area contributed by atoms with E-state index in [9.17, 15) is 0 Å². The number of aromatic nitrogens is 2. The second-order valence-corrected chi connectivity index (χ2v) is 7.08. The molecule has 0 unspecified atom stereocenters. The average Bonchev–Trinajstić information content (AvgIpc) is 2.69. The summed E-state index contributed by atoms with van der Waals surface area (Å²) in [5, 5.41) is 0. The predicted octanol–water partition coefficient (Wildman–Crippen LogP) is 6.40. The fourth-order valence-electron chi connectivity index (χ4n) is 3.07. The Kier molecular flexibility index (Phi) is 4.55. The highest BCUT2D eigenvalue weighted by molar-refractivity contribution is 5.75. The summed E-state index contributed by atoms with van der Waals surface area (Å²) in [4.78, 5) is 9.50. The number of benzene rings is 2. The molecule has 0 bridgehead atoms. The van der Waals surface area contributed by atoms with Crippen molar-refractivity contribution in [3.05, 3.63) is 95.7 Å². The molecule has 0 amide bonds. The molecular formula is C25H22N2. The third-order valence-electron chi connectivity index (χ3n) is 4.73. The molecule has 2 heterocycles. The van der Waals surface area contributed by atoms with Crippen LogP contribution in [0.5, 0.6) is 0 Å². The van der Waals surface area contributed by atoms with Crippen LogP contribution < -0.4 is 0 Å². The van der Waals surface area contributed by atoms with E-state index in [1.165, 1.54) is 16.7 Å². The van der Waals surface area contributed by atoms with Crippen molar-refractivity contribution >= 4 is 0 Å². The van der Waals surface area contributed by atoms with Gasteiger partial charge in [-0.15, -0.1) is 0 Å². The van der Waals surface area contributed by atoms with E-state index < -0.39 is 0 Å². The van der Waals surface area contributed by atoms with Crippen molar-refractivity contribution in [3.63, 3.8) is 0 Å². The summed E-state index contributed by atoms with van der Waals surface area (Å²) < 4.78 is 0. The molecule has 0 fully saturated rings. The number of hydrogen-bond donors (Lipinski definition) is 0. The van der Waals surface area contributed by atoms with Gasteiger partial charge in [0.15, 0.2) is 0 Å². The molecule has 0 spiro atoms. The molecule has 132 valence electrons. The lowest BCUT2D eigenvalue weighted by atomic mass is 10.00. The Hall–Kier alpha value is -3.26. The second-order valence-electron chi connectivity index (χ2n) is 7.08. The Morgan fingerprint density at radius 2 is 1.04 bits per heavy atom. The molecule has 2 aromatic carbocycles. The molecule has 0 atom stereocenters. The van der Waals surface area contributed by atoms with Gasteiger partial charge in [0.25, 0.3) is 0 Å². The molecule has 4 aromatic rings. The Morgan fingerprint density at radius 1 is 0.481 bits per heavy atom. The van der Waals surface area contributed by atoms with Gasteiger partial charge in [0.2, 0.25) is 0 Å². The zero-order chi connectivity index (χ0) is 18.8. The van der Waals surface area contributed by atoms with Crippen molar-refractivity contribution in [1.82, 2.24) is 9.97 Å². The molecule has 27 heavy (non-hydrogen) atoms. The summed E-state index contributed by atoms with van der Waals surface area (Å²) in [5.41, 5.74) is 9.84. The Labute approximate surface area is 160 Å². The summed E-state index contributed by atoms with van der Waals surface area (Å²) in [7, 11) is 0. The number of pyridine rings is 2. The van der Waals surface area contributed by atoms with Gasteiger partial charge in [0.1, 0.15) is 0 Å². The summed E-state index contributed by atoms with van der Waals surface area (Å²) >= 11 is 0. The third-order valence-corrected chi connectivity index (χ3v) is 4.73. The molecule has 2 nitrogen and oxygen atoms in total. The minimum Gasteiger partial charge on any atom is -0.254 e. The molecule has 0 saturated heterocycles. The molecule has 0 N–H and O–H groups in total. The zero-order valence-corrected chi connectivity index (χ0v) is 15.9. The maximum absolute atomic E-state index is 4.91. The van der Waals surface area contributed by atoms with Gasteiger partial charge in [0.05, 0.1) is 17.1 Å². The van der Waals surface area contributed by atoms with E-state index in [2.05, 4.69) is 85.6 Å². The molecule has 0 radical (unpaired) electrons. The van der Waals surface area contributed by atoms with Crippen LogP contribution in [0.3, 0.4) is 0 Å². The fraction of sp³-hybridized carbons (Fsp3) is 0.120. The van der Waals surface area contributed by atoms with Crippen LogP contribution in [-0.4, -0.2) is 9.97 Å². The molecule has 4 rings (SSSR count). The lowest BCUT2D eigenvalue weighted by Crippen LogP contribution is -1.93. The summed E-state index contributed by atoms with van der Waals surface area (Å²) in [6.45, 7) is 6.25. The van der Waals surface area contributed by atoms with Crippen LogP contribution in [0.25, 0.3) is 33.8 Å². The van der Waals surface area contributed by atoms with E-state index in [4.69, 9.17) is 4.98 Å². The molecule has 0 aliphatic rings. The first-order chi connectivity index (χ1) is 13.1. The Balaban J connectivity index is 1.89. The van der Waals surface area contributed by atoms with Crippen molar-refractivity contribution in [3.8, 4) is 33.8 Å². The van der Waals surface area contributed by atoms with Crippen molar-refractivity contribution in [2.45, 2.75) is 20.8 Å². The molecule has 0 aliphatic heterocycles. The first kappa shape index (κ1) is 17.2. The van der Waals surface area contributed by atoms with Crippen LogP contribution in [0.2, 0.25) is 0 Å². The van der Waals surface area contributed by atoms with E-state index in [0.29, 0.717) is 0 Å². The van der Waals surface area contributed by atoms with Gasteiger partial charge in [-0.3, -0.25) is 4.98 Å². The van der Waals surface area contributed by atoms with E-state index in [0.717, 1.165) is 33.8 Å². The number of aryl methyl sites for hydroxylation is 3. The number of rotatable bonds is 3. The minimum absolute atomic E-state index is 0.892. The SMILES string of the molecule is Cc1ccc(-c2cc(-c3ccc(C)cc3)nc(-c3ccc(C)cn3)c2)cc1. The molecular weight excluding hydrogens is 328 g/mol. The summed E-state index contributed by atoms with van der Waals surface area (Å²) in [5.74, 6) is 0. The van der Waals surface area contributed by atoms with E-state index in [1.807, 2.05) is 19.2 Å². The summed E-state index contributed by atoms with van der Waals surface area (Å²) in [6, 6.07) is 25.5. The minimum atomic E-state index is 0.892. The smallest absolute Gasteiger partial charge is 0.0899 e. The van der Waals surface area contributed by atoms with Gasteiger partial charge in [-0.25, -0.2) is 4.98 Å². The fourth-order valence-corrected chi connectivity index (χ4v) is 3.07. The van der Waals surface area contributed by atoms with Gasteiger partial charge in [-0.2, -0.15) is 0 Å². The highest BCUT2D eigenvalue weighted by Crippen LogP contribution is 2.30. The topological polar surface area (TPSA) is 25.8 Å². The number of hydrogen-bond acceptors (Lipinski definition) is 2. The van der Waals surface area contributed by atoms with Crippen molar-refractivity contribution in [2.24, 2.45) is 0 Å². The summed E-state index contributed by atoms with van der Waals surface area (Å²) in [6.07, 6.45) is 1.89.